The minimum atomic E-state index is -0.126. The molecule has 2 aliphatic heterocycles. The number of para-hydroxylation sites is 1. The molecule has 1 aromatic carbocycles. The van der Waals surface area contributed by atoms with Crippen LogP contribution in [0.1, 0.15) is 0 Å². The van der Waals surface area contributed by atoms with Crippen LogP contribution in [0, 0.1) is 0 Å². The number of H-pyrrole nitrogens is 1. The molecule has 0 aromatic heterocycles. The highest BCUT2D eigenvalue weighted by Crippen LogP contribution is 2.25. The van der Waals surface area contributed by atoms with E-state index in [1.54, 1.807) is 12.3 Å². The fourth-order valence-corrected chi connectivity index (χ4v) is 2.32. The quantitative estimate of drug-likeness (QED) is 0.671. The molecule has 90 valence electrons. The number of aromatic nitrogens is 3. The molecule has 0 spiro atoms. The minimum absolute atomic E-state index is 0.126. The lowest BCUT2D eigenvalue weighted by molar-refractivity contribution is 0.891. The molecule has 0 saturated carbocycles. The lowest BCUT2D eigenvalue weighted by Crippen LogP contribution is -2.14. The van der Waals surface area contributed by atoms with Crippen molar-refractivity contribution in [1.29, 1.82) is 0 Å². The van der Waals surface area contributed by atoms with Crippen molar-refractivity contribution < 1.29 is 0 Å². The SMILES string of the molecule is O=c1c2c[nH]c3ccccc3c-2nn1C1=C=CC=C1. The zero-order valence-electron chi connectivity index (χ0n) is 9.92. The van der Waals surface area contributed by atoms with Crippen LogP contribution < -0.4 is 5.56 Å². The van der Waals surface area contributed by atoms with Crippen LogP contribution in [0.25, 0.3) is 27.9 Å². The number of nitrogens with zero attached hydrogens (tertiary/aromatic N) is 2. The summed E-state index contributed by atoms with van der Waals surface area (Å²) >= 11 is 0. The summed E-state index contributed by atoms with van der Waals surface area (Å²) < 4.78 is 1.39. The largest absolute Gasteiger partial charge is 0.360 e. The van der Waals surface area contributed by atoms with Gasteiger partial charge in [-0.2, -0.15) is 9.78 Å². The Labute approximate surface area is 108 Å². The second-order valence-electron chi connectivity index (χ2n) is 4.37. The Morgan fingerprint density at radius 1 is 1.26 bits per heavy atom. The monoisotopic (exact) mass is 247 g/mol. The van der Waals surface area contributed by atoms with Gasteiger partial charge in [-0.1, -0.05) is 30.0 Å². The number of allylic oxidation sites excluding steroid dienone is 3. The van der Waals surface area contributed by atoms with Crippen molar-refractivity contribution in [3.63, 3.8) is 0 Å². The predicted octanol–water partition coefficient (Wildman–Crippen LogP) is 2.40. The molecule has 1 aromatic rings. The fourth-order valence-electron chi connectivity index (χ4n) is 2.32. The van der Waals surface area contributed by atoms with Gasteiger partial charge in [-0.15, -0.1) is 0 Å². The molecule has 1 N–H and O–H groups in total. The Morgan fingerprint density at radius 3 is 3.00 bits per heavy atom. The van der Waals surface area contributed by atoms with E-state index in [9.17, 15) is 4.79 Å². The smallest absolute Gasteiger partial charge is 0.283 e. The second kappa shape index (κ2) is 3.57. The summed E-state index contributed by atoms with van der Waals surface area (Å²) in [5.41, 5.74) is 5.81. The van der Waals surface area contributed by atoms with Crippen LogP contribution in [0.5, 0.6) is 0 Å². The molecule has 0 unspecified atom stereocenters. The maximum absolute atomic E-state index is 12.3. The van der Waals surface area contributed by atoms with Gasteiger partial charge in [0.2, 0.25) is 0 Å². The van der Waals surface area contributed by atoms with E-state index in [1.165, 1.54) is 4.68 Å². The van der Waals surface area contributed by atoms with E-state index < -0.39 is 0 Å². The van der Waals surface area contributed by atoms with Crippen LogP contribution in [0.2, 0.25) is 0 Å². The first-order valence-electron chi connectivity index (χ1n) is 5.97. The zero-order chi connectivity index (χ0) is 12.8. The molecule has 1 aliphatic carbocycles. The maximum atomic E-state index is 12.3. The van der Waals surface area contributed by atoms with Gasteiger partial charge < -0.3 is 4.98 Å². The van der Waals surface area contributed by atoms with E-state index in [0.29, 0.717) is 17.0 Å². The van der Waals surface area contributed by atoms with E-state index in [1.807, 2.05) is 36.4 Å². The molecule has 0 bridgehead atoms. The van der Waals surface area contributed by atoms with Crippen molar-refractivity contribution in [3.05, 3.63) is 64.8 Å². The Kier molecular flexibility index (Phi) is 1.90. The first-order valence-corrected chi connectivity index (χ1v) is 5.97. The molecule has 19 heavy (non-hydrogen) atoms. The minimum Gasteiger partial charge on any atom is -0.360 e. The Hall–Kier alpha value is -2.84. The number of nitrogens with one attached hydrogen (secondary N) is 1. The number of hydrogen-bond donors (Lipinski definition) is 1. The van der Waals surface area contributed by atoms with Crippen molar-refractivity contribution in [1.82, 2.24) is 14.8 Å². The van der Waals surface area contributed by atoms with Gasteiger partial charge in [-0.25, -0.2) is 0 Å². The highest BCUT2D eigenvalue weighted by molar-refractivity contribution is 5.93. The number of hydrogen-bond acceptors (Lipinski definition) is 2. The lowest BCUT2D eigenvalue weighted by atomic mass is 10.1. The Morgan fingerprint density at radius 2 is 2.16 bits per heavy atom. The Balaban J connectivity index is 2.14. The van der Waals surface area contributed by atoms with Crippen LogP contribution in [0.4, 0.5) is 0 Å². The summed E-state index contributed by atoms with van der Waals surface area (Å²) in [6.07, 6.45) is 7.14. The molecule has 0 fully saturated rings. The van der Waals surface area contributed by atoms with Gasteiger partial charge in [0.25, 0.3) is 5.56 Å². The highest BCUT2D eigenvalue weighted by atomic mass is 16.1. The molecule has 0 amide bonds. The van der Waals surface area contributed by atoms with E-state index in [0.717, 1.165) is 10.9 Å². The van der Waals surface area contributed by atoms with E-state index in [4.69, 9.17) is 0 Å². The number of pyridine rings is 1. The van der Waals surface area contributed by atoms with Crippen LogP contribution in [-0.2, 0) is 0 Å². The molecule has 4 heteroatoms. The molecule has 3 aliphatic rings. The molecular formula is C15H9N3O. The average Bonchev–Trinajstić information content (AvgIpc) is 3.07. The van der Waals surface area contributed by atoms with Gasteiger partial charge in [0.1, 0.15) is 11.4 Å². The van der Waals surface area contributed by atoms with E-state index in [2.05, 4.69) is 15.8 Å². The van der Waals surface area contributed by atoms with Crippen LogP contribution in [-0.4, -0.2) is 14.8 Å². The van der Waals surface area contributed by atoms with Gasteiger partial charge in [-0.05, 0) is 18.2 Å². The number of rotatable bonds is 1. The molecule has 0 saturated heterocycles. The van der Waals surface area contributed by atoms with Crippen LogP contribution in [0.3, 0.4) is 0 Å². The number of aromatic amines is 1. The molecule has 0 radical (unpaired) electrons. The van der Waals surface area contributed by atoms with Crippen molar-refractivity contribution >= 4 is 16.6 Å². The summed E-state index contributed by atoms with van der Waals surface area (Å²) in [5, 5.41) is 5.38. The lowest BCUT2D eigenvalue weighted by Gasteiger charge is -2.01. The van der Waals surface area contributed by atoms with Gasteiger partial charge in [0, 0.05) is 17.1 Å². The Bertz CT molecular complexity index is 920. The first-order chi connectivity index (χ1) is 9.34. The van der Waals surface area contributed by atoms with E-state index in [-0.39, 0.29) is 5.56 Å². The van der Waals surface area contributed by atoms with Gasteiger partial charge >= 0.3 is 0 Å². The predicted molar refractivity (Wildman–Crippen MR) is 73.9 cm³/mol. The third-order valence-corrected chi connectivity index (χ3v) is 3.24. The summed E-state index contributed by atoms with van der Waals surface area (Å²) in [5.74, 6) is 0. The fraction of sp³-hybridized carbons (Fsp3) is 0. The van der Waals surface area contributed by atoms with E-state index >= 15 is 0 Å². The topological polar surface area (TPSA) is 50.7 Å². The molecule has 2 heterocycles. The maximum Gasteiger partial charge on any atom is 0.283 e. The van der Waals surface area contributed by atoms with Crippen LogP contribution >= 0.6 is 0 Å². The standard InChI is InChI=1S/C15H9N3O/c19-15-12-9-16-13-8-4-3-7-11(13)14(12)17-18(15)10-5-1-2-6-10/h1-5,7-9,16H. The third kappa shape index (κ3) is 1.35. The average molecular weight is 247 g/mol. The summed E-state index contributed by atoms with van der Waals surface area (Å²) in [6, 6.07) is 7.81. The van der Waals surface area contributed by atoms with Gasteiger partial charge in [0.15, 0.2) is 0 Å². The van der Waals surface area contributed by atoms with Gasteiger partial charge in [0.05, 0.1) is 5.56 Å². The molecule has 0 atom stereocenters. The van der Waals surface area contributed by atoms with Crippen LogP contribution in [0.15, 0.2) is 59.2 Å². The van der Waals surface area contributed by atoms with Crippen molar-refractivity contribution in [2.75, 3.05) is 0 Å². The van der Waals surface area contributed by atoms with Gasteiger partial charge in [-0.3, -0.25) is 4.79 Å². The molecule has 4 rings (SSSR count). The van der Waals surface area contributed by atoms with Crippen molar-refractivity contribution in [2.45, 2.75) is 0 Å². The normalized spacial score (nSPS) is 13.6. The summed E-state index contributed by atoms with van der Waals surface area (Å²) in [4.78, 5) is 15.5. The number of fused-ring (bicyclic) bond motifs is 3. The summed E-state index contributed by atoms with van der Waals surface area (Å²) in [6.45, 7) is 0. The van der Waals surface area contributed by atoms with Crippen molar-refractivity contribution in [2.24, 2.45) is 0 Å². The number of benzene rings is 1. The zero-order valence-corrected chi connectivity index (χ0v) is 9.92. The highest BCUT2D eigenvalue weighted by Gasteiger charge is 2.19. The summed E-state index contributed by atoms with van der Waals surface area (Å²) in [7, 11) is 0. The molecule has 4 nitrogen and oxygen atoms in total. The van der Waals surface area contributed by atoms with Crippen molar-refractivity contribution in [3.8, 4) is 11.3 Å². The third-order valence-electron chi connectivity index (χ3n) is 3.24. The second-order valence-corrected chi connectivity index (χ2v) is 4.37. The molecular weight excluding hydrogens is 238 g/mol. The first kappa shape index (κ1) is 10.1.